The zero-order chi connectivity index (χ0) is 11.6. The standard InChI is InChI=1S/C12H23N3/c1-6-9-8-10(15(7-2)14-9)11(13)12(3,4)5/h8,11H,6-7,13H2,1-5H3. The van der Waals surface area contributed by atoms with Gasteiger partial charge in [-0.3, -0.25) is 4.68 Å². The predicted molar refractivity (Wildman–Crippen MR) is 63.7 cm³/mol. The highest BCUT2D eigenvalue weighted by molar-refractivity contribution is 5.16. The second-order valence-electron chi connectivity index (χ2n) is 5.07. The van der Waals surface area contributed by atoms with Gasteiger partial charge in [-0.1, -0.05) is 27.7 Å². The summed E-state index contributed by atoms with van der Waals surface area (Å²) in [6.45, 7) is 11.6. The third kappa shape index (κ3) is 2.59. The summed E-state index contributed by atoms with van der Waals surface area (Å²) >= 11 is 0. The molecule has 0 radical (unpaired) electrons. The monoisotopic (exact) mass is 209 g/mol. The Morgan fingerprint density at radius 2 is 2.00 bits per heavy atom. The Labute approximate surface area is 92.7 Å². The first-order chi connectivity index (χ1) is 6.90. The summed E-state index contributed by atoms with van der Waals surface area (Å²) in [5, 5.41) is 4.52. The van der Waals surface area contributed by atoms with E-state index in [1.54, 1.807) is 0 Å². The molecular weight excluding hydrogens is 186 g/mol. The van der Waals surface area contributed by atoms with Gasteiger partial charge in [-0.05, 0) is 24.8 Å². The van der Waals surface area contributed by atoms with E-state index in [1.807, 2.05) is 4.68 Å². The van der Waals surface area contributed by atoms with Gasteiger partial charge in [-0.2, -0.15) is 5.10 Å². The van der Waals surface area contributed by atoms with Gasteiger partial charge < -0.3 is 5.73 Å². The third-order valence-corrected chi connectivity index (χ3v) is 2.78. The summed E-state index contributed by atoms with van der Waals surface area (Å²) in [6, 6.07) is 2.18. The zero-order valence-electron chi connectivity index (χ0n) is 10.5. The first kappa shape index (κ1) is 12.2. The molecule has 0 saturated heterocycles. The number of aromatic nitrogens is 2. The summed E-state index contributed by atoms with van der Waals surface area (Å²) in [6.07, 6.45) is 0.969. The first-order valence-electron chi connectivity index (χ1n) is 5.72. The van der Waals surface area contributed by atoms with Crippen LogP contribution in [0.15, 0.2) is 6.07 Å². The molecule has 0 fully saturated rings. The average molecular weight is 209 g/mol. The van der Waals surface area contributed by atoms with E-state index in [9.17, 15) is 0 Å². The largest absolute Gasteiger partial charge is 0.322 e. The molecule has 86 valence electrons. The third-order valence-electron chi connectivity index (χ3n) is 2.78. The zero-order valence-corrected chi connectivity index (χ0v) is 10.5. The molecule has 1 heterocycles. The van der Waals surface area contributed by atoms with E-state index in [2.05, 4.69) is 45.8 Å². The van der Waals surface area contributed by atoms with Crippen LogP contribution in [0.4, 0.5) is 0 Å². The van der Waals surface area contributed by atoms with Gasteiger partial charge in [0.1, 0.15) is 0 Å². The molecule has 0 amide bonds. The van der Waals surface area contributed by atoms with Crippen LogP contribution in [-0.4, -0.2) is 9.78 Å². The minimum absolute atomic E-state index is 0.0465. The van der Waals surface area contributed by atoms with Crippen LogP contribution in [0.5, 0.6) is 0 Å². The van der Waals surface area contributed by atoms with Gasteiger partial charge in [0.2, 0.25) is 0 Å². The van der Waals surface area contributed by atoms with E-state index in [4.69, 9.17) is 5.73 Å². The van der Waals surface area contributed by atoms with Crippen molar-refractivity contribution in [3.05, 3.63) is 17.5 Å². The van der Waals surface area contributed by atoms with E-state index in [0.29, 0.717) is 0 Å². The lowest BCUT2D eigenvalue weighted by molar-refractivity contribution is 0.311. The molecule has 3 heteroatoms. The number of nitrogens with two attached hydrogens (primary N) is 1. The summed E-state index contributed by atoms with van der Waals surface area (Å²) < 4.78 is 2.02. The van der Waals surface area contributed by atoms with Crippen molar-refractivity contribution in [1.29, 1.82) is 0 Å². The topological polar surface area (TPSA) is 43.8 Å². The highest BCUT2D eigenvalue weighted by Gasteiger charge is 2.25. The molecule has 3 nitrogen and oxygen atoms in total. The van der Waals surface area contributed by atoms with Crippen molar-refractivity contribution in [2.75, 3.05) is 0 Å². The van der Waals surface area contributed by atoms with Gasteiger partial charge in [0.25, 0.3) is 0 Å². The molecule has 0 aliphatic rings. The maximum Gasteiger partial charge on any atom is 0.0625 e. The maximum absolute atomic E-state index is 6.26. The van der Waals surface area contributed by atoms with Crippen molar-refractivity contribution in [3.63, 3.8) is 0 Å². The number of aryl methyl sites for hydroxylation is 2. The van der Waals surface area contributed by atoms with Crippen molar-refractivity contribution < 1.29 is 0 Å². The lowest BCUT2D eigenvalue weighted by Crippen LogP contribution is -2.28. The smallest absolute Gasteiger partial charge is 0.0625 e. The van der Waals surface area contributed by atoms with Crippen molar-refractivity contribution in [2.24, 2.45) is 11.1 Å². The van der Waals surface area contributed by atoms with Crippen molar-refractivity contribution in [3.8, 4) is 0 Å². The van der Waals surface area contributed by atoms with Crippen LogP contribution in [0.25, 0.3) is 0 Å². The van der Waals surface area contributed by atoms with Crippen LogP contribution >= 0.6 is 0 Å². The molecule has 15 heavy (non-hydrogen) atoms. The quantitative estimate of drug-likeness (QED) is 0.831. The summed E-state index contributed by atoms with van der Waals surface area (Å²) in [5.41, 5.74) is 8.62. The molecule has 1 rings (SSSR count). The lowest BCUT2D eigenvalue weighted by atomic mass is 9.85. The minimum Gasteiger partial charge on any atom is -0.322 e. The molecule has 2 N–H and O–H groups in total. The van der Waals surface area contributed by atoms with Gasteiger partial charge in [-0.25, -0.2) is 0 Å². The molecule has 0 aliphatic carbocycles. The van der Waals surface area contributed by atoms with E-state index in [-0.39, 0.29) is 11.5 Å². The maximum atomic E-state index is 6.26. The van der Waals surface area contributed by atoms with Gasteiger partial charge in [0.15, 0.2) is 0 Å². The molecule has 1 aromatic heterocycles. The summed E-state index contributed by atoms with van der Waals surface area (Å²) in [5.74, 6) is 0. The van der Waals surface area contributed by atoms with Crippen molar-refractivity contribution in [2.45, 2.75) is 53.6 Å². The van der Waals surface area contributed by atoms with E-state index >= 15 is 0 Å². The lowest BCUT2D eigenvalue weighted by Gasteiger charge is -2.27. The molecule has 0 bridgehead atoms. The molecule has 1 atom stereocenters. The fourth-order valence-corrected chi connectivity index (χ4v) is 1.61. The van der Waals surface area contributed by atoms with Crippen LogP contribution in [0.3, 0.4) is 0 Å². The highest BCUT2D eigenvalue weighted by Crippen LogP contribution is 2.30. The van der Waals surface area contributed by atoms with Crippen molar-refractivity contribution >= 4 is 0 Å². The van der Waals surface area contributed by atoms with Crippen LogP contribution < -0.4 is 5.73 Å². The van der Waals surface area contributed by atoms with Crippen LogP contribution in [-0.2, 0) is 13.0 Å². The van der Waals surface area contributed by atoms with Gasteiger partial charge in [0, 0.05) is 6.54 Å². The fourth-order valence-electron chi connectivity index (χ4n) is 1.61. The van der Waals surface area contributed by atoms with E-state index in [0.717, 1.165) is 24.4 Å². The summed E-state index contributed by atoms with van der Waals surface area (Å²) in [4.78, 5) is 0. The normalized spacial score (nSPS) is 14.3. The number of rotatable bonds is 3. The number of hydrogen-bond donors (Lipinski definition) is 1. The van der Waals surface area contributed by atoms with Crippen LogP contribution in [0.1, 0.15) is 52.0 Å². The van der Waals surface area contributed by atoms with Gasteiger partial charge in [-0.15, -0.1) is 0 Å². The number of nitrogens with zero attached hydrogens (tertiary/aromatic N) is 2. The molecule has 1 unspecified atom stereocenters. The predicted octanol–water partition coefficient (Wildman–Crippen LogP) is 2.51. The van der Waals surface area contributed by atoms with E-state index < -0.39 is 0 Å². The molecule has 0 saturated carbocycles. The second-order valence-corrected chi connectivity index (χ2v) is 5.07. The van der Waals surface area contributed by atoms with E-state index in [1.165, 1.54) is 0 Å². The SMILES string of the molecule is CCc1cc(C(N)C(C)(C)C)n(CC)n1. The molecule has 0 aliphatic heterocycles. The molecule has 0 spiro atoms. The Balaban J connectivity index is 3.07. The van der Waals surface area contributed by atoms with Crippen LogP contribution in [0.2, 0.25) is 0 Å². The Bertz CT molecular complexity index is 320. The Morgan fingerprint density at radius 3 is 2.40 bits per heavy atom. The molecule has 1 aromatic rings. The second kappa shape index (κ2) is 4.35. The Morgan fingerprint density at radius 1 is 1.40 bits per heavy atom. The van der Waals surface area contributed by atoms with Crippen molar-refractivity contribution in [1.82, 2.24) is 9.78 Å². The van der Waals surface area contributed by atoms with Gasteiger partial charge in [0.05, 0.1) is 17.4 Å². The average Bonchev–Trinajstić information content (AvgIpc) is 2.57. The first-order valence-corrected chi connectivity index (χ1v) is 5.72. The Kier molecular flexibility index (Phi) is 3.55. The summed E-state index contributed by atoms with van der Waals surface area (Å²) in [7, 11) is 0. The highest BCUT2D eigenvalue weighted by atomic mass is 15.3. The number of hydrogen-bond acceptors (Lipinski definition) is 2. The fraction of sp³-hybridized carbons (Fsp3) is 0.750. The molecular formula is C12H23N3. The van der Waals surface area contributed by atoms with Crippen LogP contribution in [0, 0.1) is 5.41 Å². The Hall–Kier alpha value is -0.830. The van der Waals surface area contributed by atoms with Gasteiger partial charge >= 0.3 is 0 Å². The minimum atomic E-state index is 0.0465. The molecule has 0 aromatic carbocycles.